The van der Waals surface area contributed by atoms with Gasteiger partial charge >= 0.3 is 12.1 Å². The van der Waals surface area contributed by atoms with E-state index in [0.717, 1.165) is 35.9 Å². The molecule has 2 aromatic heterocycles. The molecule has 1 aliphatic rings. The van der Waals surface area contributed by atoms with Crippen LogP contribution in [0.4, 0.5) is 28.9 Å². The summed E-state index contributed by atoms with van der Waals surface area (Å²) in [7, 11) is 0. The number of nitrogens with one attached hydrogen (secondary N) is 2. The topological polar surface area (TPSA) is 107 Å². The van der Waals surface area contributed by atoms with Crippen LogP contribution in [0.2, 0.25) is 0 Å². The predicted octanol–water partition coefficient (Wildman–Crippen LogP) is 7.56. The third-order valence-electron chi connectivity index (χ3n) is 6.43. The van der Waals surface area contributed by atoms with Crippen LogP contribution in [0, 0.1) is 5.82 Å². The maximum atomic E-state index is 13.8. The van der Waals surface area contributed by atoms with Crippen LogP contribution in [0.1, 0.15) is 70.8 Å². The Kier molecular flexibility index (Phi) is 8.34. The molecular weight excluding hydrogens is 602 g/mol. The van der Waals surface area contributed by atoms with E-state index in [4.69, 9.17) is 9.47 Å². The molecule has 1 saturated carbocycles. The first kappa shape index (κ1) is 30.9. The maximum absolute atomic E-state index is 13.8. The van der Waals surface area contributed by atoms with Crippen LogP contribution in [0.3, 0.4) is 0 Å². The third kappa shape index (κ3) is 7.33. The highest BCUT2D eigenvalue weighted by Gasteiger charge is 2.34. The van der Waals surface area contributed by atoms with Crippen molar-refractivity contribution < 1.29 is 41.4 Å². The van der Waals surface area contributed by atoms with E-state index in [9.17, 15) is 31.9 Å². The number of hydrogen-bond donors (Lipinski definition) is 2. The molecule has 1 aliphatic carbocycles. The first-order valence-electron chi connectivity index (χ1n) is 13.5. The molecule has 44 heavy (non-hydrogen) atoms. The van der Waals surface area contributed by atoms with Gasteiger partial charge in [-0.2, -0.15) is 13.2 Å². The number of fused-ring (bicyclic) bond motifs is 1. The van der Waals surface area contributed by atoms with Crippen molar-refractivity contribution in [3.05, 3.63) is 82.2 Å². The van der Waals surface area contributed by atoms with Crippen molar-refractivity contribution in [1.82, 2.24) is 4.98 Å². The Hall–Kier alpha value is -4.52. The van der Waals surface area contributed by atoms with E-state index < -0.39 is 47.5 Å². The lowest BCUT2D eigenvalue weighted by atomic mass is 10.1. The van der Waals surface area contributed by atoms with Gasteiger partial charge < -0.3 is 20.1 Å². The van der Waals surface area contributed by atoms with E-state index in [1.807, 2.05) is 6.07 Å². The SMILES string of the molecule is CC(C)(C)OC(=O)c1cccc(OCC(=O)Nc2c(C(=O)Nc3ccc(F)c(C(F)(F)F)c3)sc3cc(C4CC4)ncc23)c1. The second-order valence-electron chi connectivity index (χ2n) is 11.2. The molecule has 8 nitrogen and oxygen atoms in total. The molecule has 0 aliphatic heterocycles. The number of pyridine rings is 1. The summed E-state index contributed by atoms with van der Waals surface area (Å²) in [6, 6.07) is 10.1. The zero-order valence-corrected chi connectivity index (χ0v) is 24.6. The smallest absolute Gasteiger partial charge is 0.419 e. The van der Waals surface area contributed by atoms with Crippen molar-refractivity contribution >= 4 is 50.6 Å². The number of ether oxygens (including phenoxy) is 2. The van der Waals surface area contributed by atoms with Crippen LogP contribution in [0.5, 0.6) is 5.75 Å². The van der Waals surface area contributed by atoms with Crippen LogP contribution < -0.4 is 15.4 Å². The molecule has 2 amide bonds. The molecule has 0 radical (unpaired) electrons. The first-order valence-corrected chi connectivity index (χ1v) is 14.4. The lowest BCUT2D eigenvalue weighted by molar-refractivity contribution is -0.140. The monoisotopic (exact) mass is 629 g/mol. The normalized spacial score (nSPS) is 13.4. The summed E-state index contributed by atoms with van der Waals surface area (Å²) in [5, 5.41) is 5.49. The molecule has 13 heteroatoms. The molecule has 0 saturated heterocycles. The van der Waals surface area contributed by atoms with Crippen LogP contribution >= 0.6 is 11.3 Å². The largest absolute Gasteiger partial charge is 0.484 e. The summed E-state index contributed by atoms with van der Waals surface area (Å²) in [6.45, 7) is 4.72. The van der Waals surface area contributed by atoms with Crippen LogP contribution in [-0.2, 0) is 15.7 Å². The molecule has 0 spiro atoms. The van der Waals surface area contributed by atoms with Crippen LogP contribution in [-0.4, -0.2) is 35.0 Å². The van der Waals surface area contributed by atoms with Gasteiger partial charge in [-0.3, -0.25) is 14.6 Å². The van der Waals surface area contributed by atoms with Crippen molar-refractivity contribution in [2.45, 2.75) is 51.3 Å². The Balaban J connectivity index is 1.37. The molecule has 2 aromatic carbocycles. The van der Waals surface area contributed by atoms with Gasteiger partial charge in [0.1, 0.15) is 22.0 Å². The highest BCUT2D eigenvalue weighted by atomic mass is 32.1. The Bertz CT molecular complexity index is 1760. The number of aromatic nitrogens is 1. The average Bonchev–Trinajstić information content (AvgIpc) is 3.73. The number of carbonyl (C=O) groups excluding carboxylic acids is 3. The minimum atomic E-state index is -4.96. The first-order chi connectivity index (χ1) is 20.7. The fourth-order valence-corrected chi connectivity index (χ4v) is 5.35. The van der Waals surface area contributed by atoms with E-state index in [2.05, 4.69) is 15.6 Å². The van der Waals surface area contributed by atoms with Gasteiger partial charge in [0.25, 0.3) is 11.8 Å². The molecule has 0 bridgehead atoms. The number of alkyl halides is 3. The van der Waals surface area contributed by atoms with Gasteiger partial charge in [0.2, 0.25) is 0 Å². The van der Waals surface area contributed by atoms with E-state index in [0.29, 0.717) is 28.1 Å². The van der Waals surface area contributed by atoms with Gasteiger partial charge in [-0.25, -0.2) is 9.18 Å². The molecule has 4 aromatic rings. The number of esters is 1. The van der Waals surface area contributed by atoms with Gasteiger partial charge in [0.15, 0.2) is 6.61 Å². The molecule has 0 unspecified atom stereocenters. The Morgan fingerprint density at radius 2 is 1.77 bits per heavy atom. The standard InChI is InChI=1S/C31H27F4N3O5S/c1-30(2,3)43-29(41)17-5-4-6-19(11-17)42-15-25(39)38-26-20-14-36-23(16-7-8-16)13-24(20)44-27(26)28(40)37-18-9-10-22(32)21(12-18)31(33,34)35/h4-6,9-14,16H,7-8,15H2,1-3H3,(H,37,40)(H,38,39). The average molecular weight is 630 g/mol. The summed E-state index contributed by atoms with van der Waals surface area (Å²) >= 11 is 1.03. The van der Waals surface area contributed by atoms with Crippen molar-refractivity contribution in [2.75, 3.05) is 17.2 Å². The minimum Gasteiger partial charge on any atom is -0.484 e. The van der Waals surface area contributed by atoms with Crippen LogP contribution in [0.25, 0.3) is 10.1 Å². The number of carbonyl (C=O) groups is 3. The van der Waals surface area contributed by atoms with Crippen molar-refractivity contribution in [3.8, 4) is 5.75 Å². The van der Waals surface area contributed by atoms with Gasteiger partial charge in [-0.15, -0.1) is 11.3 Å². The second-order valence-corrected chi connectivity index (χ2v) is 12.3. The Morgan fingerprint density at radius 3 is 2.45 bits per heavy atom. The van der Waals surface area contributed by atoms with Gasteiger partial charge in [-0.05, 0) is 76.1 Å². The number of anilines is 2. The fourth-order valence-electron chi connectivity index (χ4n) is 4.28. The highest BCUT2D eigenvalue weighted by Crippen LogP contribution is 2.43. The summed E-state index contributed by atoms with van der Waals surface area (Å²) in [6.07, 6.45) is -1.45. The molecule has 1 fully saturated rings. The zero-order valence-electron chi connectivity index (χ0n) is 23.8. The van der Waals surface area contributed by atoms with E-state index in [1.54, 1.807) is 39.0 Å². The third-order valence-corrected chi connectivity index (χ3v) is 7.58. The lowest BCUT2D eigenvalue weighted by Gasteiger charge is -2.19. The molecule has 2 heterocycles. The molecular formula is C31H27F4N3O5S. The number of hydrogen-bond acceptors (Lipinski definition) is 7. The minimum absolute atomic E-state index is 0.00732. The number of nitrogens with zero attached hydrogens (tertiary/aromatic N) is 1. The number of benzene rings is 2. The van der Waals surface area contributed by atoms with Crippen molar-refractivity contribution in [1.29, 1.82) is 0 Å². The molecule has 0 atom stereocenters. The highest BCUT2D eigenvalue weighted by molar-refractivity contribution is 7.21. The fraction of sp³-hybridized carbons (Fsp3) is 0.290. The van der Waals surface area contributed by atoms with Crippen molar-refractivity contribution in [3.63, 3.8) is 0 Å². The summed E-state index contributed by atoms with van der Waals surface area (Å²) < 4.78 is 65.0. The van der Waals surface area contributed by atoms with Crippen LogP contribution in [0.15, 0.2) is 54.7 Å². The second kappa shape index (κ2) is 11.9. The molecule has 2 N–H and O–H groups in total. The molecule has 230 valence electrons. The number of rotatable bonds is 8. The molecule has 5 rings (SSSR count). The number of halogens is 4. The zero-order chi connectivity index (χ0) is 31.8. The van der Waals surface area contributed by atoms with Gasteiger partial charge in [0.05, 0.1) is 16.8 Å². The Morgan fingerprint density at radius 1 is 1.02 bits per heavy atom. The maximum Gasteiger partial charge on any atom is 0.419 e. The Labute approximate surface area is 253 Å². The van der Waals surface area contributed by atoms with E-state index >= 15 is 0 Å². The summed E-state index contributed by atoms with van der Waals surface area (Å²) in [5.41, 5.74) is -1.33. The lowest BCUT2D eigenvalue weighted by Crippen LogP contribution is -2.24. The quantitative estimate of drug-likeness (QED) is 0.154. The summed E-state index contributed by atoms with van der Waals surface area (Å²) in [5.74, 6) is -2.95. The van der Waals surface area contributed by atoms with Gasteiger partial charge in [-0.1, -0.05) is 6.07 Å². The van der Waals surface area contributed by atoms with E-state index in [-0.39, 0.29) is 27.6 Å². The predicted molar refractivity (Wildman–Crippen MR) is 157 cm³/mol. The summed E-state index contributed by atoms with van der Waals surface area (Å²) in [4.78, 5) is 43.2. The van der Waals surface area contributed by atoms with Crippen molar-refractivity contribution in [2.24, 2.45) is 0 Å². The van der Waals surface area contributed by atoms with Gasteiger partial charge in [0, 0.05) is 33.6 Å². The number of amides is 2. The number of thiophene rings is 1. The van der Waals surface area contributed by atoms with E-state index in [1.165, 1.54) is 12.3 Å².